The van der Waals surface area contributed by atoms with Crippen LogP contribution in [0.5, 0.6) is 11.5 Å². The van der Waals surface area contributed by atoms with Crippen LogP contribution in [0, 0.1) is 0 Å². The summed E-state index contributed by atoms with van der Waals surface area (Å²) < 4.78 is 10.5. The monoisotopic (exact) mass is 360 g/mol. The minimum absolute atomic E-state index is 0.0806. The molecule has 0 radical (unpaired) electrons. The van der Waals surface area contributed by atoms with Gasteiger partial charge in [0.2, 0.25) is 5.91 Å². The Morgan fingerprint density at radius 3 is 2.65 bits per heavy atom. The normalized spacial score (nSPS) is 17.5. The van der Waals surface area contributed by atoms with E-state index in [1.165, 1.54) is 7.11 Å². The Balaban J connectivity index is 1.93. The average molecular weight is 360 g/mol. The lowest BCUT2D eigenvalue weighted by atomic mass is 10.2. The molecule has 2 aromatic rings. The second-order valence-electron chi connectivity index (χ2n) is 6.60. The Morgan fingerprint density at radius 1 is 1.31 bits per heavy atom. The van der Waals surface area contributed by atoms with Gasteiger partial charge < -0.3 is 19.4 Å². The zero-order valence-electron chi connectivity index (χ0n) is 15.5. The molecular weight excluding hydrogens is 336 g/mol. The topological polar surface area (TPSA) is 87.8 Å². The molecule has 1 N–H and O–H groups in total. The Kier molecular flexibility index (Phi) is 5.13. The molecule has 3 rings (SSSR count). The molecule has 1 saturated heterocycles. The van der Waals surface area contributed by atoms with Gasteiger partial charge in [-0.15, -0.1) is 0 Å². The minimum Gasteiger partial charge on any atom is -0.493 e. The van der Waals surface area contributed by atoms with Crippen LogP contribution in [0.3, 0.4) is 0 Å². The molecule has 1 aromatic heterocycles. The summed E-state index contributed by atoms with van der Waals surface area (Å²) in [6.45, 7) is 1.22. The number of likely N-dealkylation sites (tertiary alicyclic amines) is 1. The third-order valence-corrected chi connectivity index (χ3v) is 4.70. The smallest absolute Gasteiger partial charge is 0.258 e. The molecule has 8 nitrogen and oxygen atoms in total. The van der Waals surface area contributed by atoms with Crippen LogP contribution in [-0.2, 0) is 11.3 Å². The molecule has 1 atom stereocenters. The Hall–Kier alpha value is -2.61. The summed E-state index contributed by atoms with van der Waals surface area (Å²) in [5.74, 6) is 1.62. The van der Waals surface area contributed by atoms with Gasteiger partial charge in [-0.3, -0.25) is 14.5 Å². The molecule has 2 heterocycles. The Morgan fingerprint density at radius 2 is 2.00 bits per heavy atom. The number of H-pyrrole nitrogens is 1. The first kappa shape index (κ1) is 18.2. The summed E-state index contributed by atoms with van der Waals surface area (Å²) >= 11 is 0. The van der Waals surface area contributed by atoms with Crippen LogP contribution >= 0.6 is 0 Å². The van der Waals surface area contributed by atoms with Crippen molar-refractivity contribution in [2.24, 2.45) is 0 Å². The van der Waals surface area contributed by atoms with Crippen molar-refractivity contribution in [1.29, 1.82) is 0 Å². The lowest BCUT2D eigenvalue weighted by Crippen LogP contribution is -2.42. The van der Waals surface area contributed by atoms with Gasteiger partial charge in [0.1, 0.15) is 5.82 Å². The van der Waals surface area contributed by atoms with Crippen LogP contribution in [-0.4, -0.2) is 66.6 Å². The van der Waals surface area contributed by atoms with E-state index in [1.807, 2.05) is 0 Å². The number of fused-ring (bicyclic) bond motifs is 1. The van der Waals surface area contributed by atoms with E-state index in [0.717, 1.165) is 19.4 Å². The first-order valence-corrected chi connectivity index (χ1v) is 8.54. The number of carbonyl (C=O) groups excluding carboxylic acids is 1. The van der Waals surface area contributed by atoms with Gasteiger partial charge in [-0.1, -0.05) is 0 Å². The highest BCUT2D eigenvalue weighted by atomic mass is 16.5. The highest BCUT2D eigenvalue weighted by molar-refractivity contribution is 5.82. The summed E-state index contributed by atoms with van der Waals surface area (Å²) in [7, 11) is 6.58. The van der Waals surface area contributed by atoms with Crippen molar-refractivity contribution in [3.63, 3.8) is 0 Å². The lowest BCUT2D eigenvalue weighted by molar-refractivity contribution is -0.133. The van der Waals surface area contributed by atoms with Crippen molar-refractivity contribution >= 4 is 16.8 Å². The number of ether oxygens (including phenoxy) is 2. The SMILES string of the molecule is COc1cc2nc(CN3CCC[C@@H]3C(=O)N(C)C)[nH]c(=O)c2cc1OC. The van der Waals surface area contributed by atoms with Crippen molar-refractivity contribution in [3.05, 3.63) is 28.3 Å². The van der Waals surface area contributed by atoms with Crippen molar-refractivity contribution in [1.82, 2.24) is 19.8 Å². The predicted octanol–water partition coefficient (Wildman–Crippen LogP) is 0.993. The summed E-state index contributed by atoms with van der Waals surface area (Å²) in [4.78, 5) is 35.9. The summed E-state index contributed by atoms with van der Waals surface area (Å²) in [6, 6.07) is 3.15. The van der Waals surface area contributed by atoms with Crippen LogP contribution in [0.1, 0.15) is 18.7 Å². The van der Waals surface area contributed by atoms with E-state index in [2.05, 4.69) is 14.9 Å². The quantitative estimate of drug-likeness (QED) is 0.856. The highest BCUT2D eigenvalue weighted by Crippen LogP contribution is 2.30. The van der Waals surface area contributed by atoms with Crippen molar-refractivity contribution in [3.8, 4) is 11.5 Å². The molecule has 26 heavy (non-hydrogen) atoms. The number of rotatable bonds is 5. The summed E-state index contributed by atoms with van der Waals surface area (Å²) in [6.07, 6.45) is 1.77. The molecule has 1 amide bonds. The van der Waals surface area contributed by atoms with Gasteiger partial charge in [-0.05, 0) is 25.5 Å². The molecule has 1 aliphatic heterocycles. The first-order chi connectivity index (χ1) is 12.4. The highest BCUT2D eigenvalue weighted by Gasteiger charge is 2.32. The van der Waals surface area contributed by atoms with Crippen LogP contribution in [0.4, 0.5) is 0 Å². The molecule has 0 aliphatic carbocycles. The van der Waals surface area contributed by atoms with E-state index in [0.29, 0.717) is 34.8 Å². The van der Waals surface area contributed by atoms with Crippen molar-refractivity contribution in [2.75, 3.05) is 34.9 Å². The number of nitrogens with one attached hydrogen (secondary N) is 1. The standard InChI is InChI=1S/C18H24N4O4/c1-21(2)18(24)13-6-5-7-22(13)10-16-19-12-9-15(26-4)14(25-3)8-11(12)17(23)20-16/h8-9,13H,5-7,10H2,1-4H3,(H,19,20,23)/t13-/m1/s1. The molecule has 0 spiro atoms. The van der Waals surface area contributed by atoms with Gasteiger partial charge >= 0.3 is 0 Å². The number of amides is 1. The number of aromatic nitrogens is 2. The number of hydrogen-bond acceptors (Lipinski definition) is 6. The maximum Gasteiger partial charge on any atom is 0.258 e. The number of methoxy groups -OCH3 is 2. The van der Waals surface area contributed by atoms with E-state index in [-0.39, 0.29) is 17.5 Å². The first-order valence-electron chi connectivity index (χ1n) is 8.54. The second kappa shape index (κ2) is 7.33. The van der Waals surface area contributed by atoms with E-state index in [4.69, 9.17) is 9.47 Å². The summed E-state index contributed by atoms with van der Waals surface area (Å²) in [5, 5.41) is 0.439. The number of hydrogen-bond donors (Lipinski definition) is 1. The minimum atomic E-state index is -0.236. The van der Waals surface area contributed by atoms with Crippen LogP contribution in [0.2, 0.25) is 0 Å². The fraction of sp³-hybridized carbons (Fsp3) is 0.500. The summed E-state index contributed by atoms with van der Waals surface area (Å²) in [5.41, 5.74) is 0.303. The van der Waals surface area contributed by atoms with Crippen molar-refractivity contribution in [2.45, 2.75) is 25.4 Å². The average Bonchev–Trinajstić information content (AvgIpc) is 3.07. The third kappa shape index (κ3) is 3.37. The van der Waals surface area contributed by atoms with Gasteiger partial charge in [-0.2, -0.15) is 0 Å². The molecule has 0 unspecified atom stereocenters. The predicted molar refractivity (Wildman–Crippen MR) is 97.6 cm³/mol. The molecule has 8 heteroatoms. The fourth-order valence-electron chi connectivity index (χ4n) is 3.37. The van der Waals surface area contributed by atoms with Crippen LogP contribution in [0.15, 0.2) is 16.9 Å². The third-order valence-electron chi connectivity index (χ3n) is 4.70. The van der Waals surface area contributed by atoms with Crippen molar-refractivity contribution < 1.29 is 14.3 Å². The van der Waals surface area contributed by atoms with E-state index >= 15 is 0 Å². The van der Waals surface area contributed by atoms with Crippen LogP contribution in [0.25, 0.3) is 10.9 Å². The van der Waals surface area contributed by atoms with Gasteiger partial charge in [0, 0.05) is 20.2 Å². The number of nitrogens with zero attached hydrogens (tertiary/aromatic N) is 3. The zero-order chi connectivity index (χ0) is 18.8. The molecule has 1 fully saturated rings. The van der Waals surface area contributed by atoms with Crippen LogP contribution < -0.4 is 15.0 Å². The number of likely N-dealkylation sites (N-methyl/N-ethyl adjacent to an activating group) is 1. The Bertz CT molecular complexity index is 877. The largest absolute Gasteiger partial charge is 0.493 e. The maximum atomic E-state index is 12.5. The van der Waals surface area contributed by atoms with E-state index in [1.54, 1.807) is 38.2 Å². The zero-order valence-corrected chi connectivity index (χ0v) is 15.5. The maximum absolute atomic E-state index is 12.5. The molecule has 1 aromatic carbocycles. The molecule has 0 bridgehead atoms. The molecular formula is C18H24N4O4. The van der Waals surface area contributed by atoms with Gasteiger partial charge in [0.15, 0.2) is 11.5 Å². The van der Waals surface area contributed by atoms with E-state index < -0.39 is 0 Å². The van der Waals surface area contributed by atoms with E-state index in [9.17, 15) is 9.59 Å². The fourth-order valence-corrected chi connectivity index (χ4v) is 3.37. The van der Waals surface area contributed by atoms with Gasteiger partial charge in [0.05, 0.1) is 37.7 Å². The second-order valence-corrected chi connectivity index (χ2v) is 6.60. The number of aromatic amines is 1. The molecule has 1 aliphatic rings. The lowest BCUT2D eigenvalue weighted by Gasteiger charge is -2.25. The van der Waals surface area contributed by atoms with Gasteiger partial charge in [0.25, 0.3) is 5.56 Å². The molecule has 0 saturated carbocycles. The molecule has 140 valence electrons. The van der Waals surface area contributed by atoms with Gasteiger partial charge in [-0.25, -0.2) is 4.98 Å². The Labute approximate surface area is 151 Å². The number of benzene rings is 1. The number of carbonyl (C=O) groups is 1.